The molecular weight excluding hydrogens is 1450 g/mol. The number of hydrogen-bond donors (Lipinski definition) is 3. The van der Waals surface area contributed by atoms with E-state index in [1.54, 1.807) is 56.3 Å². The van der Waals surface area contributed by atoms with Gasteiger partial charge in [0.05, 0.1) is 41.1 Å². The average Bonchev–Trinajstić information content (AvgIpc) is 1.64. The molecule has 3 amide bonds. The first kappa shape index (κ1) is 67.9. The van der Waals surface area contributed by atoms with Crippen LogP contribution < -0.4 is 43.6 Å². The van der Waals surface area contributed by atoms with Crippen LogP contribution >= 0.6 is 80.4 Å². The molecule has 6 aromatic carbocycles. The van der Waals surface area contributed by atoms with Crippen LogP contribution in [0.5, 0.6) is 0 Å². The fraction of sp³-hybridized carbons (Fsp3) is 0.262. The highest BCUT2D eigenvalue weighted by molar-refractivity contribution is 7.93. The van der Waals surface area contributed by atoms with Crippen molar-refractivity contribution in [1.29, 1.82) is 0 Å². The molecule has 0 radical (unpaired) electrons. The van der Waals surface area contributed by atoms with E-state index >= 15 is 4.39 Å². The van der Waals surface area contributed by atoms with Crippen molar-refractivity contribution < 1.29 is 45.5 Å². The zero-order valence-electron chi connectivity index (χ0n) is 51.1. The van der Waals surface area contributed by atoms with Gasteiger partial charge in [0.1, 0.15) is 23.9 Å². The van der Waals surface area contributed by atoms with Gasteiger partial charge in [0.25, 0.3) is 30.1 Å². The summed E-state index contributed by atoms with van der Waals surface area (Å²) < 4.78 is 97.5. The SMILES string of the molecule is O=C1[C@@H](N2CCCc3cc(Cl)ccc32)CCN1c1ccc(S(=O)(=O)Nc2nccs2)cc1F.O=C1[C@@H](N2CCc3c2ccc(Cl)c3Cl)CCN1c1ccc(S(=O)(=O)Nc2nccs2)cc1.O=C1[C@H](N2CCCc3cccc(Cl)c32)CCN1c1ccc(S(=O)(=O)Nc2nccs2)cc1.[HH]. The van der Waals surface area contributed by atoms with Crippen LogP contribution in [-0.4, -0.2) is 115 Å². The number of para-hydroxylation sites is 1. The Hall–Kier alpha value is -7.64. The number of nitrogens with one attached hydrogen (secondary N) is 3. The fourth-order valence-corrected chi connectivity index (χ4v) is 19.4. The minimum absolute atomic E-state index is 0. The van der Waals surface area contributed by atoms with E-state index in [-0.39, 0.29) is 56.7 Å². The topological polar surface area (TPSA) is 248 Å². The molecule has 506 valence electrons. The molecule has 0 unspecified atom stereocenters. The summed E-state index contributed by atoms with van der Waals surface area (Å²) in [5.41, 5.74) is 7.59. The van der Waals surface area contributed by atoms with Gasteiger partial charge in [-0.25, -0.2) is 44.6 Å². The van der Waals surface area contributed by atoms with Gasteiger partial charge in [-0.2, -0.15) is 0 Å². The molecule has 32 heteroatoms. The number of carbonyl (C=O) groups excluding carboxylic acids is 3. The van der Waals surface area contributed by atoms with Crippen LogP contribution in [0.15, 0.2) is 165 Å². The molecule has 21 nitrogen and oxygen atoms in total. The maximum absolute atomic E-state index is 15.0. The van der Waals surface area contributed by atoms with E-state index in [1.165, 1.54) is 88.1 Å². The van der Waals surface area contributed by atoms with Crippen molar-refractivity contribution in [3.63, 3.8) is 0 Å². The molecule has 3 fully saturated rings. The highest BCUT2D eigenvalue weighted by Crippen LogP contribution is 2.43. The molecule has 15 rings (SSSR count). The van der Waals surface area contributed by atoms with E-state index in [2.05, 4.69) is 49.9 Å². The second-order valence-electron chi connectivity index (χ2n) is 23.2. The van der Waals surface area contributed by atoms with Gasteiger partial charge in [0.2, 0.25) is 17.7 Å². The van der Waals surface area contributed by atoms with Crippen molar-refractivity contribution >= 4 is 178 Å². The normalized spacial score (nSPS) is 18.5. The van der Waals surface area contributed by atoms with E-state index in [0.717, 1.165) is 90.8 Å². The highest BCUT2D eigenvalue weighted by atomic mass is 35.5. The van der Waals surface area contributed by atoms with Gasteiger partial charge in [-0.3, -0.25) is 28.5 Å². The number of carbonyl (C=O) groups is 3. The minimum Gasteiger partial charge on any atom is -0.359 e. The van der Waals surface area contributed by atoms with Gasteiger partial charge < -0.3 is 29.4 Å². The molecule has 0 saturated carbocycles. The number of anilines is 9. The third-order valence-electron chi connectivity index (χ3n) is 17.5. The van der Waals surface area contributed by atoms with Crippen molar-refractivity contribution in [3.8, 4) is 0 Å². The molecule has 6 aliphatic heterocycles. The number of fused-ring (bicyclic) bond motifs is 3. The zero-order chi connectivity index (χ0) is 67.9. The fourth-order valence-electron chi connectivity index (χ4n) is 13.1. The van der Waals surface area contributed by atoms with Crippen molar-refractivity contribution in [1.82, 2.24) is 15.0 Å². The number of amides is 3. The summed E-state index contributed by atoms with van der Waals surface area (Å²) in [6.07, 6.45) is 10.9. The standard InChI is InChI=1S/C22H20ClFN4O3S2.C22H21ClN4O3S2.C21H18Cl2N4O3S2.H2/c23-15-3-5-18-14(12-15)2-1-9-27(18)20-7-10-28(21(20)29)19-6-4-16(13-17(19)24)33(30,31)26-22-25-8-11-32-22;23-18-5-1-3-15-4-2-12-27(20(15)18)19-10-13-26(21(19)28)16-6-8-17(9-7-16)32(29,30)25-22-24-11-14-31-22;22-16-5-6-17-15(19(16)23)7-10-27(17)18-8-11-26(20(18)28)13-1-3-14(4-2-13)32(29,30)25-21-24-9-12-31-21;/h3-6,8,11-13,20H,1-2,7,9-10H2,(H,25,26);1,3,5-9,11,14,19H,2,4,10,12-13H2,(H,24,25);1-6,9,12,18H,7-8,10-11H2,(H,24,25);1H/t20-;19-;18-;/m010./s1. The molecule has 3 N–H and O–H groups in total. The van der Waals surface area contributed by atoms with Crippen molar-refractivity contribution in [2.75, 3.05) is 82.8 Å². The monoisotopic (exact) mass is 1500 g/mol. The number of nitrogens with zero attached hydrogens (tertiary/aromatic N) is 9. The molecule has 3 saturated heterocycles. The Kier molecular flexibility index (Phi) is 19.8. The van der Waals surface area contributed by atoms with Crippen molar-refractivity contribution in [2.24, 2.45) is 0 Å². The molecule has 6 aliphatic rings. The predicted octanol–water partition coefficient (Wildman–Crippen LogP) is 13.1. The Morgan fingerprint density at radius 1 is 0.464 bits per heavy atom. The second kappa shape index (κ2) is 28.3. The third kappa shape index (κ3) is 14.2. The summed E-state index contributed by atoms with van der Waals surface area (Å²) >= 11 is 28.7. The van der Waals surface area contributed by atoms with Crippen LogP contribution in [0.25, 0.3) is 0 Å². The molecule has 9 aromatic rings. The largest absolute Gasteiger partial charge is 0.359 e. The van der Waals surface area contributed by atoms with Crippen LogP contribution in [0.1, 0.15) is 50.2 Å². The number of halogens is 5. The lowest BCUT2D eigenvalue weighted by atomic mass is 9.99. The lowest BCUT2D eigenvalue weighted by Crippen LogP contribution is -2.44. The smallest absolute Gasteiger partial charge is 0.263 e. The molecule has 0 aliphatic carbocycles. The van der Waals surface area contributed by atoms with Gasteiger partial charge >= 0.3 is 0 Å². The molecule has 0 bridgehead atoms. The first-order valence-corrected chi connectivity index (χ1v) is 39.3. The molecule has 0 spiro atoms. The summed E-state index contributed by atoms with van der Waals surface area (Å²) in [6, 6.07) is 30.5. The van der Waals surface area contributed by atoms with Crippen LogP contribution in [0, 0.1) is 5.82 Å². The lowest BCUT2D eigenvalue weighted by molar-refractivity contribution is -0.119. The minimum atomic E-state index is -3.99. The summed E-state index contributed by atoms with van der Waals surface area (Å²) in [6.45, 7) is 3.72. The predicted molar refractivity (Wildman–Crippen MR) is 384 cm³/mol. The number of aryl methyl sites for hydroxylation is 2. The first-order valence-electron chi connectivity index (χ1n) is 30.7. The van der Waals surface area contributed by atoms with Crippen LogP contribution in [-0.2, 0) is 63.7 Å². The number of aromatic nitrogens is 3. The van der Waals surface area contributed by atoms with Crippen molar-refractivity contribution in [2.45, 2.75) is 84.2 Å². The van der Waals surface area contributed by atoms with Crippen molar-refractivity contribution in [3.05, 3.63) is 193 Å². The molecule has 97 heavy (non-hydrogen) atoms. The average molecular weight is 1510 g/mol. The maximum atomic E-state index is 15.0. The Balaban J connectivity index is 0.000000139. The molecule has 9 heterocycles. The number of sulfonamides is 3. The van der Waals surface area contributed by atoms with Gasteiger partial charge in [0.15, 0.2) is 15.4 Å². The Morgan fingerprint density at radius 3 is 1.46 bits per heavy atom. The number of thiazole rings is 3. The Bertz CT molecular complexity index is 4810. The number of hydrogen-bond acceptors (Lipinski definition) is 18. The van der Waals surface area contributed by atoms with E-state index in [0.29, 0.717) is 87.2 Å². The van der Waals surface area contributed by atoms with Crippen LogP contribution in [0.4, 0.5) is 53.9 Å². The summed E-state index contributed by atoms with van der Waals surface area (Å²) in [5.74, 6) is -0.972. The van der Waals surface area contributed by atoms with Crippen LogP contribution in [0.2, 0.25) is 20.1 Å². The van der Waals surface area contributed by atoms with E-state index in [9.17, 15) is 39.6 Å². The Labute approximate surface area is 593 Å². The van der Waals surface area contributed by atoms with E-state index in [4.69, 9.17) is 46.4 Å². The molecule has 3 atom stereocenters. The number of benzene rings is 6. The highest BCUT2D eigenvalue weighted by Gasteiger charge is 2.43. The van der Waals surface area contributed by atoms with Gasteiger partial charge in [-0.15, -0.1) is 34.0 Å². The van der Waals surface area contributed by atoms with Crippen LogP contribution in [0.3, 0.4) is 0 Å². The third-order valence-corrected chi connectivity index (χ3v) is 25.4. The van der Waals surface area contributed by atoms with Gasteiger partial charge in [-0.05, 0) is 171 Å². The maximum Gasteiger partial charge on any atom is 0.263 e. The number of rotatable bonds is 15. The summed E-state index contributed by atoms with van der Waals surface area (Å²) in [7, 11) is -11.5. The molecule has 3 aromatic heterocycles. The first-order chi connectivity index (χ1) is 46.6. The van der Waals surface area contributed by atoms with E-state index < -0.39 is 41.9 Å². The summed E-state index contributed by atoms with van der Waals surface area (Å²) in [4.78, 5) is 62.8. The molecular formula is C65H61Cl4FN12O9S6. The van der Waals surface area contributed by atoms with Gasteiger partial charge in [0, 0.05) is 103 Å². The Morgan fingerprint density at radius 2 is 0.928 bits per heavy atom. The van der Waals surface area contributed by atoms with Gasteiger partial charge in [-0.1, -0.05) is 58.5 Å². The quantitative estimate of drug-likeness (QED) is 0.0863. The zero-order valence-corrected chi connectivity index (χ0v) is 59.0. The second-order valence-corrected chi connectivity index (χ2v) is 32.6. The van der Waals surface area contributed by atoms with E-state index in [1.807, 2.05) is 36.4 Å². The summed E-state index contributed by atoms with van der Waals surface area (Å²) in [5, 5.41) is 8.25. The lowest BCUT2D eigenvalue weighted by Gasteiger charge is -2.36.